The normalized spacial score (nSPS) is 20.7. The zero-order valence-corrected chi connectivity index (χ0v) is 13.9. The fourth-order valence-electron chi connectivity index (χ4n) is 2.73. The molecule has 1 aliphatic carbocycles. The van der Waals surface area contributed by atoms with E-state index < -0.39 is 5.92 Å². The number of ether oxygens (including phenoxy) is 1. The maximum atomic E-state index is 13.4. The third-order valence-electron chi connectivity index (χ3n) is 4.35. The van der Waals surface area contributed by atoms with Crippen molar-refractivity contribution >= 4 is 5.95 Å². The van der Waals surface area contributed by atoms with E-state index in [2.05, 4.69) is 20.5 Å². The maximum Gasteiger partial charge on any atom is 0.286 e. The van der Waals surface area contributed by atoms with Crippen molar-refractivity contribution in [2.24, 2.45) is 0 Å². The number of hydrogen-bond donors (Lipinski definition) is 0. The summed E-state index contributed by atoms with van der Waals surface area (Å²) in [5.41, 5.74) is 0.226. The molecule has 0 unspecified atom stereocenters. The molecule has 0 spiro atoms. The van der Waals surface area contributed by atoms with Crippen LogP contribution in [-0.4, -0.2) is 51.5 Å². The number of hydrogen-bond acceptors (Lipinski definition) is 6. The lowest BCUT2D eigenvalue weighted by molar-refractivity contribution is 0.0125. The minimum Gasteiger partial charge on any atom is -0.381 e. The first kappa shape index (κ1) is 16.7. The summed E-state index contributed by atoms with van der Waals surface area (Å²) in [6, 6.07) is 4.87. The molecule has 0 aliphatic heterocycles. The Morgan fingerprint density at radius 2 is 2.12 bits per heavy atom. The van der Waals surface area contributed by atoms with Crippen LogP contribution in [0.4, 0.5) is 14.7 Å². The Balaban J connectivity index is 1.74. The summed E-state index contributed by atoms with van der Waals surface area (Å²) >= 11 is 0. The van der Waals surface area contributed by atoms with E-state index in [1.807, 2.05) is 11.9 Å². The van der Waals surface area contributed by atoms with Crippen molar-refractivity contribution in [3.8, 4) is 0 Å². The van der Waals surface area contributed by atoms with E-state index in [0.29, 0.717) is 17.7 Å². The van der Waals surface area contributed by atoms with Crippen LogP contribution < -0.4 is 4.90 Å². The first-order valence-corrected chi connectivity index (χ1v) is 7.74. The van der Waals surface area contributed by atoms with Gasteiger partial charge in [0.1, 0.15) is 5.69 Å². The van der Waals surface area contributed by atoms with Gasteiger partial charge in [-0.3, -0.25) is 0 Å². The van der Waals surface area contributed by atoms with Gasteiger partial charge in [-0.2, -0.15) is 8.78 Å². The summed E-state index contributed by atoms with van der Waals surface area (Å²) in [7, 11) is 3.62. The molecule has 1 fully saturated rings. The van der Waals surface area contributed by atoms with Gasteiger partial charge in [0.15, 0.2) is 0 Å². The van der Waals surface area contributed by atoms with Gasteiger partial charge in [0, 0.05) is 27.1 Å². The predicted octanol–water partition coefficient (Wildman–Crippen LogP) is 1.84. The molecule has 0 aromatic carbocycles. The van der Waals surface area contributed by atoms with Gasteiger partial charge in [-0.25, -0.2) is 9.67 Å². The molecule has 0 amide bonds. The first-order chi connectivity index (χ1) is 11.4. The second-order valence-corrected chi connectivity index (χ2v) is 6.13. The van der Waals surface area contributed by atoms with Gasteiger partial charge in [-0.1, -0.05) is 11.2 Å². The van der Waals surface area contributed by atoms with Crippen LogP contribution in [0.1, 0.15) is 31.2 Å². The fraction of sp³-hybridized carbons (Fsp3) is 0.600. The molecule has 24 heavy (non-hydrogen) atoms. The van der Waals surface area contributed by atoms with Gasteiger partial charge in [0.05, 0.1) is 18.3 Å². The average Bonchev–Trinajstić information content (AvgIpc) is 2.93. The zero-order valence-electron chi connectivity index (χ0n) is 13.9. The van der Waals surface area contributed by atoms with Crippen molar-refractivity contribution in [2.45, 2.75) is 44.4 Å². The standard InChI is InChI=1S/C15H20F2N6O/c1-15(16,17)13-6-4-5-10(18-13)9-23-14(19-20-21-23)22(2)11-7-12(8-11)24-3/h4-6,11-12H,7-9H2,1-3H3. The lowest BCUT2D eigenvalue weighted by Gasteiger charge is -2.40. The Labute approximate surface area is 138 Å². The zero-order chi connectivity index (χ0) is 17.3. The Morgan fingerprint density at radius 1 is 1.38 bits per heavy atom. The highest BCUT2D eigenvalue weighted by molar-refractivity contribution is 5.31. The lowest BCUT2D eigenvalue weighted by atomic mass is 9.88. The van der Waals surface area contributed by atoms with Crippen LogP contribution in [-0.2, 0) is 17.2 Å². The number of methoxy groups -OCH3 is 1. The molecule has 0 saturated heterocycles. The Kier molecular flexibility index (Phi) is 4.44. The summed E-state index contributed by atoms with van der Waals surface area (Å²) < 4.78 is 33.7. The highest BCUT2D eigenvalue weighted by atomic mass is 19.3. The minimum atomic E-state index is -2.97. The van der Waals surface area contributed by atoms with Crippen LogP contribution in [0.25, 0.3) is 0 Å². The lowest BCUT2D eigenvalue weighted by Crippen LogP contribution is -2.47. The summed E-state index contributed by atoms with van der Waals surface area (Å²) in [5, 5.41) is 11.7. The molecule has 1 aliphatic rings. The van der Waals surface area contributed by atoms with Crippen LogP contribution in [0.3, 0.4) is 0 Å². The molecule has 2 aromatic heterocycles. The topological polar surface area (TPSA) is 69.0 Å². The number of rotatable bonds is 6. The van der Waals surface area contributed by atoms with E-state index in [0.717, 1.165) is 19.8 Å². The first-order valence-electron chi connectivity index (χ1n) is 7.74. The van der Waals surface area contributed by atoms with Crippen LogP contribution in [0.15, 0.2) is 18.2 Å². The quantitative estimate of drug-likeness (QED) is 0.801. The summed E-state index contributed by atoms with van der Waals surface area (Å²) in [4.78, 5) is 6.01. The van der Waals surface area contributed by atoms with Gasteiger partial charge in [0.2, 0.25) is 5.95 Å². The molecular weight excluding hydrogens is 318 g/mol. The second-order valence-electron chi connectivity index (χ2n) is 6.13. The van der Waals surface area contributed by atoms with E-state index in [4.69, 9.17) is 4.74 Å². The Bertz CT molecular complexity index is 695. The van der Waals surface area contributed by atoms with E-state index in [-0.39, 0.29) is 18.3 Å². The molecule has 9 heteroatoms. The van der Waals surface area contributed by atoms with Gasteiger partial charge in [0.25, 0.3) is 5.92 Å². The number of alkyl halides is 2. The van der Waals surface area contributed by atoms with Gasteiger partial charge in [-0.05, 0) is 35.4 Å². The van der Waals surface area contributed by atoms with Crippen LogP contribution >= 0.6 is 0 Å². The van der Waals surface area contributed by atoms with Crippen molar-refractivity contribution in [1.82, 2.24) is 25.2 Å². The van der Waals surface area contributed by atoms with E-state index in [9.17, 15) is 8.78 Å². The maximum absolute atomic E-state index is 13.4. The van der Waals surface area contributed by atoms with Crippen LogP contribution in [0.2, 0.25) is 0 Å². The van der Waals surface area contributed by atoms with Crippen molar-refractivity contribution in [3.05, 3.63) is 29.6 Å². The summed E-state index contributed by atoms with van der Waals surface area (Å²) in [5.74, 6) is -2.39. The van der Waals surface area contributed by atoms with Crippen molar-refractivity contribution in [3.63, 3.8) is 0 Å². The van der Waals surface area contributed by atoms with Gasteiger partial charge >= 0.3 is 0 Å². The molecular formula is C15H20F2N6O. The molecule has 3 rings (SSSR count). The van der Waals surface area contributed by atoms with Crippen LogP contribution in [0, 0.1) is 0 Å². The number of aromatic nitrogens is 5. The number of tetrazole rings is 1. The summed E-state index contributed by atoms with van der Waals surface area (Å²) in [6.07, 6.45) is 2.09. The predicted molar refractivity (Wildman–Crippen MR) is 82.9 cm³/mol. The molecule has 1 saturated carbocycles. The van der Waals surface area contributed by atoms with E-state index in [1.54, 1.807) is 23.9 Å². The van der Waals surface area contributed by atoms with E-state index >= 15 is 0 Å². The summed E-state index contributed by atoms with van der Waals surface area (Å²) in [6.45, 7) is 1.06. The number of anilines is 1. The Hall–Kier alpha value is -2.16. The fourth-order valence-corrected chi connectivity index (χ4v) is 2.73. The molecule has 2 aromatic rings. The van der Waals surface area contributed by atoms with Crippen molar-refractivity contribution < 1.29 is 13.5 Å². The molecule has 130 valence electrons. The van der Waals surface area contributed by atoms with Gasteiger partial charge < -0.3 is 9.64 Å². The van der Waals surface area contributed by atoms with Crippen molar-refractivity contribution in [1.29, 1.82) is 0 Å². The number of pyridine rings is 1. The molecule has 0 bridgehead atoms. The van der Waals surface area contributed by atoms with E-state index in [1.165, 1.54) is 6.07 Å². The number of nitrogens with zero attached hydrogens (tertiary/aromatic N) is 6. The third kappa shape index (κ3) is 3.35. The highest BCUT2D eigenvalue weighted by Gasteiger charge is 2.34. The Morgan fingerprint density at radius 3 is 2.79 bits per heavy atom. The average molecular weight is 338 g/mol. The van der Waals surface area contributed by atoms with Crippen molar-refractivity contribution in [2.75, 3.05) is 19.1 Å². The molecule has 7 nitrogen and oxygen atoms in total. The van der Waals surface area contributed by atoms with Crippen LogP contribution in [0.5, 0.6) is 0 Å². The second kappa shape index (κ2) is 6.39. The smallest absolute Gasteiger partial charge is 0.286 e. The third-order valence-corrected chi connectivity index (χ3v) is 4.35. The van der Waals surface area contributed by atoms with Gasteiger partial charge in [-0.15, -0.1) is 0 Å². The largest absolute Gasteiger partial charge is 0.381 e. The minimum absolute atomic E-state index is 0.233. The number of halogens is 2. The monoisotopic (exact) mass is 338 g/mol. The molecule has 2 heterocycles. The molecule has 0 radical (unpaired) electrons. The molecule has 0 N–H and O–H groups in total. The highest BCUT2D eigenvalue weighted by Crippen LogP contribution is 2.29. The molecule has 0 atom stereocenters. The SMILES string of the molecule is COC1CC(N(C)c2nnnn2Cc2cccc(C(C)(F)F)n2)C1.